The molecule has 0 amide bonds. The van der Waals surface area contributed by atoms with E-state index >= 15 is 0 Å². The molecule has 0 aromatic heterocycles. The minimum Gasteiger partial charge on any atom is -0.258 e. The third kappa shape index (κ3) is 2.74. The van der Waals surface area contributed by atoms with Crippen LogP contribution in [0.3, 0.4) is 0 Å². The second-order valence-corrected chi connectivity index (χ2v) is 5.70. The molecule has 1 aromatic rings. The van der Waals surface area contributed by atoms with Crippen LogP contribution in [0.4, 0.5) is 5.69 Å². The van der Waals surface area contributed by atoms with Crippen LogP contribution in [0, 0.1) is 16.0 Å². The van der Waals surface area contributed by atoms with E-state index < -0.39 is 0 Å². The zero-order valence-electron chi connectivity index (χ0n) is 8.53. The van der Waals surface area contributed by atoms with Crippen molar-refractivity contribution in [3.63, 3.8) is 0 Å². The van der Waals surface area contributed by atoms with Crippen molar-refractivity contribution >= 4 is 33.2 Å². The van der Waals surface area contributed by atoms with Gasteiger partial charge >= 0.3 is 0 Å². The molecule has 0 aliphatic heterocycles. The number of nitrogens with zero attached hydrogens (tertiary/aromatic N) is 1. The van der Waals surface area contributed by atoms with Crippen molar-refractivity contribution in [2.24, 2.45) is 5.92 Å². The molecule has 0 N–H and O–H groups in total. The Hall–Kier alpha value is -0.610. The Morgan fingerprint density at radius 2 is 2.25 bits per heavy atom. The summed E-state index contributed by atoms with van der Waals surface area (Å²) in [6.07, 6.45) is 3.09. The molecular formula is C11H11BrClNO2. The molecule has 16 heavy (non-hydrogen) atoms. The van der Waals surface area contributed by atoms with Crippen LogP contribution in [0.5, 0.6) is 0 Å². The predicted molar refractivity (Wildman–Crippen MR) is 67.2 cm³/mol. The molecule has 86 valence electrons. The van der Waals surface area contributed by atoms with Gasteiger partial charge in [-0.2, -0.15) is 0 Å². The van der Waals surface area contributed by atoms with Crippen molar-refractivity contribution in [1.29, 1.82) is 0 Å². The van der Waals surface area contributed by atoms with Gasteiger partial charge in [0.2, 0.25) is 0 Å². The van der Waals surface area contributed by atoms with Crippen molar-refractivity contribution < 1.29 is 4.92 Å². The van der Waals surface area contributed by atoms with Crippen LogP contribution in [-0.2, 0) is 6.42 Å². The average molecular weight is 305 g/mol. The van der Waals surface area contributed by atoms with E-state index in [1.807, 2.05) is 0 Å². The molecular weight excluding hydrogens is 293 g/mol. The average Bonchev–Trinajstić information content (AvgIpc) is 2.99. The van der Waals surface area contributed by atoms with Crippen molar-refractivity contribution in [2.75, 3.05) is 0 Å². The molecule has 1 fully saturated rings. The smallest absolute Gasteiger partial charge is 0.258 e. The van der Waals surface area contributed by atoms with Crippen molar-refractivity contribution in [1.82, 2.24) is 0 Å². The monoisotopic (exact) mass is 303 g/mol. The second-order valence-electron chi connectivity index (χ2n) is 4.09. The van der Waals surface area contributed by atoms with E-state index in [1.54, 1.807) is 12.1 Å². The van der Waals surface area contributed by atoms with Crippen molar-refractivity contribution in [3.05, 3.63) is 38.9 Å². The molecule has 3 nitrogen and oxygen atoms in total. The number of benzene rings is 1. The van der Waals surface area contributed by atoms with Gasteiger partial charge in [-0.15, -0.1) is 0 Å². The molecule has 1 atom stereocenters. The summed E-state index contributed by atoms with van der Waals surface area (Å²) in [5, 5.41) is 11.4. The van der Waals surface area contributed by atoms with E-state index in [9.17, 15) is 10.1 Å². The summed E-state index contributed by atoms with van der Waals surface area (Å²) in [6, 6.07) is 4.73. The first-order valence-electron chi connectivity index (χ1n) is 5.15. The number of nitro benzene ring substituents is 1. The zero-order valence-corrected chi connectivity index (χ0v) is 10.9. The highest BCUT2D eigenvalue weighted by molar-refractivity contribution is 9.09. The summed E-state index contributed by atoms with van der Waals surface area (Å²) in [5.74, 6) is 0.665. The highest BCUT2D eigenvalue weighted by Crippen LogP contribution is 2.39. The maximum atomic E-state index is 10.8. The molecule has 1 unspecified atom stereocenters. The lowest BCUT2D eigenvalue weighted by molar-refractivity contribution is -0.385. The fourth-order valence-electron chi connectivity index (χ4n) is 1.73. The molecule has 1 saturated carbocycles. The van der Waals surface area contributed by atoms with Gasteiger partial charge in [0.25, 0.3) is 5.69 Å². The largest absolute Gasteiger partial charge is 0.272 e. The van der Waals surface area contributed by atoms with Crippen LogP contribution in [0.25, 0.3) is 0 Å². The minimum absolute atomic E-state index is 0.162. The molecule has 0 heterocycles. The summed E-state index contributed by atoms with van der Waals surface area (Å²) in [5.41, 5.74) is 0.876. The predicted octanol–water partition coefficient (Wildman–Crippen LogP) is 3.96. The van der Waals surface area contributed by atoms with E-state index in [4.69, 9.17) is 11.6 Å². The van der Waals surface area contributed by atoms with Crippen LogP contribution in [0.15, 0.2) is 18.2 Å². The molecule has 2 rings (SSSR count). The molecule has 5 heteroatoms. The van der Waals surface area contributed by atoms with E-state index in [0.29, 0.717) is 27.8 Å². The first-order chi connectivity index (χ1) is 7.58. The Labute approximate surface area is 107 Å². The number of nitro groups is 1. The summed E-state index contributed by atoms with van der Waals surface area (Å²) in [6.45, 7) is 0. The first kappa shape index (κ1) is 11.9. The van der Waals surface area contributed by atoms with E-state index in [0.717, 1.165) is 0 Å². The van der Waals surface area contributed by atoms with E-state index in [1.165, 1.54) is 18.9 Å². The Morgan fingerprint density at radius 1 is 1.56 bits per heavy atom. The summed E-state index contributed by atoms with van der Waals surface area (Å²) >= 11 is 9.45. The Balaban J connectivity index is 2.22. The number of hydrogen-bond acceptors (Lipinski definition) is 2. The number of halogens is 2. The highest BCUT2D eigenvalue weighted by Gasteiger charge is 2.30. The molecule has 1 aliphatic carbocycles. The van der Waals surface area contributed by atoms with Gasteiger partial charge in [-0.1, -0.05) is 27.5 Å². The van der Waals surface area contributed by atoms with Gasteiger partial charge < -0.3 is 0 Å². The summed E-state index contributed by atoms with van der Waals surface area (Å²) in [7, 11) is 0. The van der Waals surface area contributed by atoms with Crippen LogP contribution >= 0.6 is 27.5 Å². The van der Waals surface area contributed by atoms with Gasteiger partial charge in [-0.3, -0.25) is 10.1 Å². The second kappa shape index (κ2) is 4.72. The minimum atomic E-state index is -0.349. The molecule has 0 bridgehead atoms. The zero-order chi connectivity index (χ0) is 11.7. The highest BCUT2D eigenvalue weighted by atomic mass is 79.9. The number of alkyl halides is 1. The van der Waals surface area contributed by atoms with Crippen LogP contribution in [0.1, 0.15) is 18.4 Å². The van der Waals surface area contributed by atoms with Crippen molar-refractivity contribution in [3.8, 4) is 0 Å². The fourth-order valence-corrected chi connectivity index (χ4v) is 2.80. The Bertz CT molecular complexity index is 420. The normalized spacial score (nSPS) is 17.1. The molecule has 1 aliphatic rings. The quantitative estimate of drug-likeness (QED) is 0.480. The van der Waals surface area contributed by atoms with Gasteiger partial charge in [0, 0.05) is 21.5 Å². The van der Waals surface area contributed by atoms with Gasteiger partial charge in [0.1, 0.15) is 0 Å². The molecule has 0 radical (unpaired) electrons. The van der Waals surface area contributed by atoms with Gasteiger partial charge in [-0.05, 0) is 37.3 Å². The molecule has 0 spiro atoms. The fraction of sp³-hybridized carbons (Fsp3) is 0.455. The van der Waals surface area contributed by atoms with E-state index in [-0.39, 0.29) is 10.6 Å². The van der Waals surface area contributed by atoms with Gasteiger partial charge in [0.05, 0.1) is 4.92 Å². The lowest BCUT2D eigenvalue weighted by atomic mass is 10.1. The van der Waals surface area contributed by atoms with Crippen LogP contribution in [-0.4, -0.2) is 9.75 Å². The number of hydrogen-bond donors (Lipinski definition) is 0. The summed E-state index contributed by atoms with van der Waals surface area (Å²) in [4.78, 5) is 10.8. The first-order valence-corrected chi connectivity index (χ1v) is 6.44. The summed E-state index contributed by atoms with van der Waals surface area (Å²) < 4.78 is 0. The van der Waals surface area contributed by atoms with Crippen molar-refractivity contribution in [2.45, 2.75) is 24.1 Å². The molecule has 0 saturated heterocycles. The third-order valence-corrected chi connectivity index (χ3v) is 4.09. The SMILES string of the molecule is O=[N+]([O-])c1ccc(Cl)cc1CC(Br)C1CC1. The van der Waals surface area contributed by atoms with Gasteiger partial charge in [0.15, 0.2) is 0 Å². The lowest BCUT2D eigenvalue weighted by Crippen LogP contribution is -2.07. The maximum Gasteiger partial charge on any atom is 0.272 e. The standard InChI is InChI=1S/C11H11BrClNO2/c12-10(7-1-2-7)6-8-5-9(13)3-4-11(8)14(15)16/h3-5,7,10H,1-2,6H2. The Kier molecular flexibility index (Phi) is 3.50. The topological polar surface area (TPSA) is 43.1 Å². The lowest BCUT2D eigenvalue weighted by Gasteiger charge is -2.08. The third-order valence-electron chi connectivity index (χ3n) is 2.79. The Morgan fingerprint density at radius 3 is 2.81 bits per heavy atom. The molecule has 1 aromatic carbocycles. The van der Waals surface area contributed by atoms with Gasteiger partial charge in [-0.25, -0.2) is 0 Å². The number of rotatable bonds is 4. The maximum absolute atomic E-state index is 10.8. The van der Waals surface area contributed by atoms with E-state index in [2.05, 4.69) is 15.9 Å². The van der Waals surface area contributed by atoms with Crippen LogP contribution in [0.2, 0.25) is 5.02 Å². The van der Waals surface area contributed by atoms with Crippen LogP contribution < -0.4 is 0 Å².